The zero-order valence-electron chi connectivity index (χ0n) is 10.9. The minimum Gasteiger partial charge on any atom is -0.505 e. The third-order valence-electron chi connectivity index (χ3n) is 3.38. The first kappa shape index (κ1) is 13.1. The van der Waals surface area contributed by atoms with Crippen LogP contribution in [0.25, 0.3) is 6.08 Å². The first-order valence-corrected chi connectivity index (χ1v) is 6.25. The summed E-state index contributed by atoms with van der Waals surface area (Å²) in [5.74, 6) is -1.03. The fourth-order valence-electron chi connectivity index (χ4n) is 2.26. The van der Waals surface area contributed by atoms with Gasteiger partial charge >= 0.3 is 0 Å². The number of benzene rings is 2. The molecule has 0 atom stereocenters. The number of nitrogens with zero attached hydrogens (tertiary/aromatic N) is 2. The third kappa shape index (κ3) is 2.43. The van der Waals surface area contributed by atoms with E-state index in [1.54, 1.807) is 24.4 Å². The number of hydrogen-bond donors (Lipinski definition) is 1. The summed E-state index contributed by atoms with van der Waals surface area (Å²) < 4.78 is 13.4. The number of hydrogen-bond acceptors (Lipinski definition) is 4. The Morgan fingerprint density at radius 1 is 1.24 bits per heavy atom. The molecule has 0 aliphatic carbocycles. The number of anilines is 1. The van der Waals surface area contributed by atoms with Gasteiger partial charge in [-0.3, -0.25) is 10.1 Å². The Morgan fingerprint density at radius 3 is 2.62 bits per heavy atom. The van der Waals surface area contributed by atoms with Crippen molar-refractivity contribution in [3.05, 3.63) is 69.7 Å². The molecule has 21 heavy (non-hydrogen) atoms. The molecule has 0 amide bonds. The second-order valence-corrected chi connectivity index (χ2v) is 4.72. The van der Waals surface area contributed by atoms with E-state index in [4.69, 9.17) is 0 Å². The molecule has 1 heterocycles. The van der Waals surface area contributed by atoms with Crippen molar-refractivity contribution in [3.63, 3.8) is 0 Å². The maximum Gasteiger partial charge on any atom is 0.269 e. The van der Waals surface area contributed by atoms with Crippen LogP contribution in [-0.2, 0) is 6.54 Å². The Kier molecular flexibility index (Phi) is 3.06. The van der Waals surface area contributed by atoms with Gasteiger partial charge in [-0.25, -0.2) is 4.39 Å². The summed E-state index contributed by atoms with van der Waals surface area (Å²) in [5, 5.41) is 20.0. The number of fused-ring (bicyclic) bond motifs is 1. The van der Waals surface area contributed by atoms with Gasteiger partial charge in [0.05, 0.1) is 4.92 Å². The fourth-order valence-corrected chi connectivity index (χ4v) is 2.26. The lowest BCUT2D eigenvalue weighted by atomic mass is 10.0. The summed E-state index contributed by atoms with van der Waals surface area (Å²) in [5.41, 5.74) is 2.30. The van der Waals surface area contributed by atoms with E-state index in [0.717, 1.165) is 16.8 Å². The molecule has 3 rings (SSSR count). The van der Waals surface area contributed by atoms with Crippen molar-refractivity contribution >= 4 is 17.5 Å². The molecule has 0 aromatic heterocycles. The first-order chi connectivity index (χ1) is 10.0. The first-order valence-electron chi connectivity index (χ1n) is 6.25. The molecule has 1 N–H and O–H groups in total. The van der Waals surface area contributed by atoms with E-state index in [1.165, 1.54) is 24.3 Å². The minimum atomic E-state index is -0.660. The number of aromatic hydroxyl groups is 1. The lowest BCUT2D eigenvalue weighted by Gasteiger charge is -2.25. The van der Waals surface area contributed by atoms with Crippen molar-refractivity contribution in [1.29, 1.82) is 0 Å². The Morgan fingerprint density at radius 2 is 1.95 bits per heavy atom. The Bertz CT molecular complexity index is 741. The van der Waals surface area contributed by atoms with Crippen molar-refractivity contribution in [3.8, 4) is 5.75 Å². The van der Waals surface area contributed by atoms with Crippen LogP contribution in [0.2, 0.25) is 0 Å². The number of rotatable bonds is 2. The standard InChI is InChI=1S/C15H11FN2O3/c16-14-7-11-9-17(6-5-10(11)8-15(14)19)12-1-3-13(4-2-12)18(20)21/h1-8,19H,9H2. The topological polar surface area (TPSA) is 66.6 Å². The van der Waals surface area contributed by atoms with Crippen LogP contribution in [0.3, 0.4) is 0 Å². The van der Waals surface area contributed by atoms with Crippen molar-refractivity contribution in [2.45, 2.75) is 6.54 Å². The van der Waals surface area contributed by atoms with Crippen molar-refractivity contribution < 1.29 is 14.4 Å². The molecule has 1 aliphatic heterocycles. The van der Waals surface area contributed by atoms with Crippen LogP contribution in [0, 0.1) is 15.9 Å². The van der Waals surface area contributed by atoms with Gasteiger partial charge in [-0.15, -0.1) is 0 Å². The predicted octanol–water partition coefficient (Wildman–Crippen LogP) is 3.43. The lowest BCUT2D eigenvalue weighted by molar-refractivity contribution is -0.384. The average Bonchev–Trinajstić information content (AvgIpc) is 2.48. The molecule has 1 aliphatic rings. The summed E-state index contributed by atoms with van der Waals surface area (Å²) in [6, 6.07) is 8.82. The van der Waals surface area contributed by atoms with E-state index >= 15 is 0 Å². The molecule has 0 unspecified atom stereocenters. The van der Waals surface area contributed by atoms with Crippen LogP contribution < -0.4 is 4.90 Å². The molecule has 106 valence electrons. The molecular weight excluding hydrogens is 275 g/mol. The average molecular weight is 286 g/mol. The molecule has 0 spiro atoms. The van der Waals surface area contributed by atoms with E-state index in [9.17, 15) is 19.6 Å². The quantitative estimate of drug-likeness (QED) is 0.678. The molecule has 2 aromatic rings. The Labute approximate surface area is 119 Å². The molecule has 0 fully saturated rings. The number of non-ortho nitro benzene ring substituents is 1. The van der Waals surface area contributed by atoms with Crippen LogP contribution in [-0.4, -0.2) is 10.0 Å². The SMILES string of the molecule is O=[N+]([O-])c1ccc(N2C=Cc3cc(O)c(F)cc3C2)cc1. The van der Waals surface area contributed by atoms with Crippen LogP contribution in [0.15, 0.2) is 42.6 Å². The zero-order valence-corrected chi connectivity index (χ0v) is 10.9. The second kappa shape index (κ2) is 4.90. The number of halogens is 1. The minimum absolute atomic E-state index is 0.0242. The highest BCUT2D eigenvalue weighted by Gasteiger charge is 2.16. The maximum atomic E-state index is 13.4. The van der Waals surface area contributed by atoms with E-state index in [2.05, 4.69) is 0 Å². The maximum absolute atomic E-state index is 13.4. The highest BCUT2D eigenvalue weighted by atomic mass is 19.1. The van der Waals surface area contributed by atoms with Gasteiger partial charge in [0, 0.05) is 30.6 Å². The Balaban J connectivity index is 1.89. The van der Waals surface area contributed by atoms with E-state index in [0.29, 0.717) is 6.54 Å². The number of phenols is 1. The van der Waals surface area contributed by atoms with Crippen molar-refractivity contribution in [2.75, 3.05) is 4.90 Å². The highest BCUT2D eigenvalue weighted by Crippen LogP contribution is 2.29. The molecule has 2 aromatic carbocycles. The van der Waals surface area contributed by atoms with Gasteiger partial charge < -0.3 is 10.0 Å². The van der Waals surface area contributed by atoms with Crippen LogP contribution in [0.4, 0.5) is 15.8 Å². The molecule has 0 radical (unpaired) electrons. The van der Waals surface area contributed by atoms with Gasteiger partial charge in [0.2, 0.25) is 0 Å². The van der Waals surface area contributed by atoms with E-state index in [1.807, 2.05) is 4.90 Å². The molecule has 0 bridgehead atoms. The van der Waals surface area contributed by atoms with Gasteiger partial charge in [-0.1, -0.05) is 0 Å². The molecule has 0 saturated heterocycles. The highest BCUT2D eigenvalue weighted by molar-refractivity contribution is 5.66. The molecule has 0 saturated carbocycles. The van der Waals surface area contributed by atoms with Crippen LogP contribution in [0.5, 0.6) is 5.75 Å². The largest absolute Gasteiger partial charge is 0.505 e. The molecular formula is C15H11FN2O3. The summed E-state index contributed by atoms with van der Waals surface area (Å²) in [6.45, 7) is 0.431. The van der Waals surface area contributed by atoms with E-state index < -0.39 is 10.7 Å². The van der Waals surface area contributed by atoms with Crippen molar-refractivity contribution in [2.24, 2.45) is 0 Å². The van der Waals surface area contributed by atoms with Crippen molar-refractivity contribution in [1.82, 2.24) is 0 Å². The summed E-state index contributed by atoms with van der Waals surface area (Å²) >= 11 is 0. The summed E-state index contributed by atoms with van der Waals surface area (Å²) in [6.07, 6.45) is 3.56. The third-order valence-corrected chi connectivity index (χ3v) is 3.38. The molecule has 5 nitrogen and oxygen atoms in total. The van der Waals surface area contributed by atoms with Gasteiger partial charge in [-0.2, -0.15) is 0 Å². The number of nitro groups is 1. The van der Waals surface area contributed by atoms with Gasteiger partial charge in [0.1, 0.15) is 0 Å². The zero-order chi connectivity index (χ0) is 15.0. The normalized spacial score (nSPS) is 13.1. The fraction of sp³-hybridized carbons (Fsp3) is 0.0667. The van der Waals surface area contributed by atoms with Crippen LogP contribution in [0.1, 0.15) is 11.1 Å². The Hall–Kier alpha value is -2.89. The van der Waals surface area contributed by atoms with Gasteiger partial charge in [0.25, 0.3) is 5.69 Å². The smallest absolute Gasteiger partial charge is 0.269 e. The summed E-state index contributed by atoms with van der Waals surface area (Å²) in [7, 11) is 0. The second-order valence-electron chi connectivity index (χ2n) is 4.72. The predicted molar refractivity (Wildman–Crippen MR) is 76.4 cm³/mol. The number of nitro benzene ring substituents is 1. The van der Waals surface area contributed by atoms with E-state index in [-0.39, 0.29) is 11.4 Å². The molecule has 6 heteroatoms. The van der Waals surface area contributed by atoms with Crippen LogP contribution >= 0.6 is 0 Å². The van der Waals surface area contributed by atoms with Gasteiger partial charge in [-0.05, 0) is 41.5 Å². The lowest BCUT2D eigenvalue weighted by Crippen LogP contribution is -2.19. The summed E-state index contributed by atoms with van der Waals surface area (Å²) in [4.78, 5) is 12.0. The monoisotopic (exact) mass is 286 g/mol. The van der Waals surface area contributed by atoms with Gasteiger partial charge in [0.15, 0.2) is 11.6 Å². The number of phenolic OH excluding ortho intramolecular Hbond substituents is 1.